The van der Waals surface area contributed by atoms with E-state index in [1.165, 1.54) is 11.3 Å². The van der Waals surface area contributed by atoms with Crippen molar-refractivity contribution in [3.8, 4) is 0 Å². The van der Waals surface area contributed by atoms with E-state index in [-0.39, 0.29) is 12.0 Å². The minimum atomic E-state index is -0.354. The highest BCUT2D eigenvalue weighted by atomic mass is 32.1. The largest absolute Gasteiger partial charge is 0.389 e. The highest BCUT2D eigenvalue weighted by Gasteiger charge is 2.30. The molecule has 3 heterocycles. The van der Waals surface area contributed by atoms with Gasteiger partial charge in [0.05, 0.1) is 21.2 Å². The molecule has 1 N–H and O–H groups in total. The molecule has 3 rings (SSSR count). The molecule has 1 amide bonds. The maximum absolute atomic E-state index is 12.1. The molecule has 1 fully saturated rings. The maximum atomic E-state index is 12.1. The monoisotopic (exact) mass is 248 g/mol. The van der Waals surface area contributed by atoms with Crippen molar-refractivity contribution in [3.63, 3.8) is 0 Å². The van der Waals surface area contributed by atoms with Gasteiger partial charge >= 0.3 is 0 Å². The fourth-order valence-electron chi connectivity index (χ4n) is 1.95. The van der Waals surface area contributed by atoms with Gasteiger partial charge in [-0.15, -0.1) is 11.3 Å². The van der Waals surface area contributed by atoms with E-state index in [2.05, 4.69) is 4.98 Å². The Morgan fingerprint density at radius 3 is 3.00 bits per heavy atom. The van der Waals surface area contributed by atoms with Gasteiger partial charge in [-0.2, -0.15) is 0 Å². The Labute approximate surface area is 103 Å². The highest BCUT2D eigenvalue weighted by molar-refractivity contribution is 7.20. The molecule has 88 valence electrons. The molecule has 2 aromatic heterocycles. The number of carbonyl (C=O) groups excluding carboxylic acids is 1. The zero-order chi connectivity index (χ0) is 12.0. The molecule has 1 aliphatic heterocycles. The van der Waals surface area contributed by atoms with Gasteiger partial charge in [-0.1, -0.05) is 0 Å². The lowest BCUT2D eigenvalue weighted by molar-refractivity contribution is 0.00623. The molecule has 1 aliphatic rings. The molecule has 0 atom stereocenters. The molecule has 17 heavy (non-hydrogen) atoms. The zero-order valence-corrected chi connectivity index (χ0v) is 10.2. The molecule has 0 saturated carbocycles. The van der Waals surface area contributed by atoms with Crippen molar-refractivity contribution < 1.29 is 9.90 Å². The van der Waals surface area contributed by atoms with Gasteiger partial charge in [-0.3, -0.25) is 9.78 Å². The number of aliphatic hydroxyl groups excluding tert-OH is 1. The van der Waals surface area contributed by atoms with E-state index >= 15 is 0 Å². The van der Waals surface area contributed by atoms with Gasteiger partial charge in [0.15, 0.2) is 0 Å². The second-order valence-corrected chi connectivity index (χ2v) is 5.37. The van der Waals surface area contributed by atoms with E-state index in [0.717, 1.165) is 15.8 Å². The molecule has 0 spiro atoms. The first-order valence-electron chi connectivity index (χ1n) is 5.47. The third-order valence-corrected chi connectivity index (χ3v) is 4.22. The average Bonchev–Trinajstić information content (AvgIpc) is 2.69. The van der Waals surface area contributed by atoms with Gasteiger partial charge in [-0.25, -0.2) is 0 Å². The van der Waals surface area contributed by atoms with Crippen LogP contribution >= 0.6 is 11.3 Å². The number of likely N-dealkylation sites (tertiary alicyclic amines) is 1. The molecule has 0 radical (unpaired) electrons. The molecule has 2 aromatic rings. The van der Waals surface area contributed by atoms with Crippen LogP contribution in [0.3, 0.4) is 0 Å². The van der Waals surface area contributed by atoms with Crippen molar-refractivity contribution in [1.29, 1.82) is 0 Å². The average molecular weight is 248 g/mol. The second kappa shape index (κ2) is 3.78. The third-order valence-electron chi connectivity index (χ3n) is 2.97. The lowest BCUT2D eigenvalue weighted by atomic mass is 10.1. The maximum Gasteiger partial charge on any atom is 0.264 e. The first kappa shape index (κ1) is 10.7. The molecule has 0 aliphatic carbocycles. The SMILES string of the molecule is Cc1ccnc2cc(C(=O)N3CC(O)C3)sc12. The number of amides is 1. The fourth-order valence-corrected chi connectivity index (χ4v) is 3.00. The number of fused-ring (bicyclic) bond motifs is 1. The Balaban J connectivity index is 1.96. The van der Waals surface area contributed by atoms with Crippen molar-refractivity contribution in [1.82, 2.24) is 9.88 Å². The third kappa shape index (κ3) is 1.71. The summed E-state index contributed by atoms with van der Waals surface area (Å²) in [6, 6.07) is 3.78. The first-order chi connectivity index (χ1) is 8.15. The topological polar surface area (TPSA) is 53.4 Å². The molecular formula is C12H12N2O2S. The summed E-state index contributed by atoms with van der Waals surface area (Å²) in [7, 11) is 0. The fraction of sp³-hybridized carbons (Fsp3) is 0.333. The van der Waals surface area contributed by atoms with Crippen LogP contribution in [0.1, 0.15) is 15.2 Å². The van der Waals surface area contributed by atoms with Gasteiger partial charge in [0.25, 0.3) is 5.91 Å². The summed E-state index contributed by atoms with van der Waals surface area (Å²) in [4.78, 5) is 18.7. The van der Waals surface area contributed by atoms with E-state index < -0.39 is 0 Å². The van der Waals surface area contributed by atoms with E-state index in [1.54, 1.807) is 11.1 Å². The molecule has 0 unspecified atom stereocenters. The van der Waals surface area contributed by atoms with Crippen molar-refractivity contribution >= 4 is 27.5 Å². The Kier molecular flexibility index (Phi) is 2.38. The number of pyridine rings is 1. The summed E-state index contributed by atoms with van der Waals surface area (Å²) < 4.78 is 1.07. The first-order valence-corrected chi connectivity index (χ1v) is 6.29. The second-order valence-electron chi connectivity index (χ2n) is 4.32. The molecule has 5 heteroatoms. The number of aliphatic hydroxyl groups is 1. The highest BCUT2D eigenvalue weighted by Crippen LogP contribution is 2.28. The number of rotatable bonds is 1. The van der Waals surface area contributed by atoms with Crippen LogP contribution in [-0.4, -0.2) is 40.1 Å². The normalized spacial score (nSPS) is 16.2. The lowest BCUT2D eigenvalue weighted by Gasteiger charge is -2.35. The molecule has 4 nitrogen and oxygen atoms in total. The number of nitrogens with zero attached hydrogens (tertiary/aromatic N) is 2. The Bertz CT molecular complexity index is 587. The van der Waals surface area contributed by atoms with E-state index in [9.17, 15) is 9.90 Å². The van der Waals surface area contributed by atoms with Gasteiger partial charge in [0.1, 0.15) is 0 Å². The Morgan fingerprint density at radius 1 is 1.59 bits per heavy atom. The van der Waals surface area contributed by atoms with Crippen molar-refractivity contribution in [2.45, 2.75) is 13.0 Å². The zero-order valence-electron chi connectivity index (χ0n) is 9.38. The van der Waals surface area contributed by atoms with Crippen LogP contribution in [0.2, 0.25) is 0 Å². The van der Waals surface area contributed by atoms with Crippen LogP contribution in [-0.2, 0) is 0 Å². The number of hydrogen-bond donors (Lipinski definition) is 1. The van der Waals surface area contributed by atoms with Crippen LogP contribution in [0.25, 0.3) is 10.2 Å². The molecule has 1 saturated heterocycles. The smallest absolute Gasteiger partial charge is 0.264 e. The minimum Gasteiger partial charge on any atom is -0.389 e. The summed E-state index contributed by atoms with van der Waals surface area (Å²) in [6.45, 7) is 2.90. The molecule has 0 aromatic carbocycles. The van der Waals surface area contributed by atoms with E-state index in [4.69, 9.17) is 0 Å². The minimum absolute atomic E-state index is 0.00213. The number of carbonyl (C=O) groups is 1. The van der Waals surface area contributed by atoms with Crippen LogP contribution < -0.4 is 0 Å². The number of β-amino-alcohol motifs (C(OH)–C–C–N with tert-alkyl or cyclic N) is 1. The van der Waals surface area contributed by atoms with Crippen LogP contribution in [0.5, 0.6) is 0 Å². The standard InChI is InChI=1S/C12H12N2O2S/c1-7-2-3-13-9-4-10(17-11(7)9)12(16)14-5-8(15)6-14/h2-4,8,15H,5-6H2,1H3. The predicted octanol–water partition coefficient (Wildman–Crippen LogP) is 1.42. The van der Waals surface area contributed by atoms with Gasteiger partial charge in [0, 0.05) is 19.3 Å². The van der Waals surface area contributed by atoms with E-state index in [0.29, 0.717) is 18.0 Å². The van der Waals surface area contributed by atoms with Crippen LogP contribution in [0, 0.1) is 6.92 Å². The van der Waals surface area contributed by atoms with Gasteiger partial charge in [-0.05, 0) is 24.6 Å². The number of thiophene rings is 1. The van der Waals surface area contributed by atoms with Gasteiger partial charge in [0.2, 0.25) is 0 Å². The molecular weight excluding hydrogens is 236 g/mol. The Hall–Kier alpha value is -1.46. The lowest BCUT2D eigenvalue weighted by Crippen LogP contribution is -2.53. The summed E-state index contributed by atoms with van der Waals surface area (Å²) in [5.41, 5.74) is 2.02. The van der Waals surface area contributed by atoms with Crippen molar-refractivity contribution in [2.75, 3.05) is 13.1 Å². The van der Waals surface area contributed by atoms with Gasteiger partial charge < -0.3 is 10.0 Å². The summed E-state index contributed by atoms with van der Waals surface area (Å²) >= 11 is 1.48. The predicted molar refractivity (Wildman–Crippen MR) is 66.3 cm³/mol. The number of aromatic nitrogens is 1. The van der Waals surface area contributed by atoms with E-state index in [1.807, 2.05) is 19.1 Å². The number of aryl methyl sites for hydroxylation is 1. The van der Waals surface area contributed by atoms with Crippen molar-refractivity contribution in [2.24, 2.45) is 0 Å². The summed E-state index contributed by atoms with van der Waals surface area (Å²) in [5.74, 6) is -0.00213. The number of hydrogen-bond acceptors (Lipinski definition) is 4. The Morgan fingerprint density at radius 2 is 2.35 bits per heavy atom. The van der Waals surface area contributed by atoms with Crippen LogP contribution in [0.4, 0.5) is 0 Å². The summed E-state index contributed by atoms with van der Waals surface area (Å²) in [5, 5.41) is 9.20. The van der Waals surface area contributed by atoms with Crippen LogP contribution in [0.15, 0.2) is 18.3 Å². The quantitative estimate of drug-likeness (QED) is 0.830. The summed E-state index contributed by atoms with van der Waals surface area (Å²) in [6.07, 6.45) is 1.40. The molecule has 0 bridgehead atoms. The van der Waals surface area contributed by atoms with Crippen molar-refractivity contribution in [3.05, 3.63) is 28.8 Å².